The van der Waals surface area contributed by atoms with Crippen LogP contribution in [0.15, 0.2) is 0 Å². The van der Waals surface area contributed by atoms with Gasteiger partial charge in [0.2, 0.25) is 5.91 Å². The van der Waals surface area contributed by atoms with Crippen molar-refractivity contribution in [2.45, 2.75) is 38.8 Å². The maximum Gasteiger partial charge on any atom is 0.249 e. The standard InChI is InChI=1S/C10H16N2O2/c1-8(2)14-7-10(13)12-5-3-4-9(12)6-11/h8-9H,3-5,7H2,1-2H3. The molecular weight excluding hydrogens is 180 g/mol. The van der Waals surface area contributed by atoms with E-state index in [0.29, 0.717) is 6.54 Å². The highest BCUT2D eigenvalue weighted by molar-refractivity contribution is 5.78. The normalized spacial score (nSPS) is 21.3. The molecule has 1 heterocycles. The summed E-state index contributed by atoms with van der Waals surface area (Å²) in [5.74, 6) is -0.0669. The molecule has 1 rings (SSSR count). The fourth-order valence-corrected chi connectivity index (χ4v) is 1.52. The van der Waals surface area contributed by atoms with E-state index < -0.39 is 0 Å². The molecule has 78 valence electrons. The molecule has 1 amide bonds. The fraction of sp³-hybridized carbons (Fsp3) is 0.800. The molecule has 0 radical (unpaired) electrons. The Morgan fingerprint density at radius 3 is 3.00 bits per heavy atom. The summed E-state index contributed by atoms with van der Waals surface area (Å²) in [6.45, 7) is 4.56. The van der Waals surface area contributed by atoms with E-state index in [-0.39, 0.29) is 24.7 Å². The fourth-order valence-electron chi connectivity index (χ4n) is 1.52. The molecule has 0 aromatic carbocycles. The molecule has 0 saturated carbocycles. The summed E-state index contributed by atoms with van der Waals surface area (Å²) in [7, 11) is 0. The van der Waals surface area contributed by atoms with Gasteiger partial charge in [0.1, 0.15) is 12.6 Å². The number of hydrogen-bond acceptors (Lipinski definition) is 3. The zero-order chi connectivity index (χ0) is 10.6. The van der Waals surface area contributed by atoms with Crippen molar-refractivity contribution in [2.75, 3.05) is 13.2 Å². The number of hydrogen-bond donors (Lipinski definition) is 0. The molecule has 1 unspecified atom stereocenters. The quantitative estimate of drug-likeness (QED) is 0.674. The van der Waals surface area contributed by atoms with E-state index in [4.69, 9.17) is 10.00 Å². The molecule has 1 aliphatic heterocycles. The Hall–Kier alpha value is -1.08. The maximum absolute atomic E-state index is 11.6. The maximum atomic E-state index is 11.6. The topological polar surface area (TPSA) is 53.3 Å². The first-order valence-corrected chi connectivity index (χ1v) is 4.96. The zero-order valence-electron chi connectivity index (χ0n) is 8.69. The van der Waals surface area contributed by atoms with Crippen LogP contribution in [-0.2, 0) is 9.53 Å². The van der Waals surface area contributed by atoms with Crippen LogP contribution in [0.1, 0.15) is 26.7 Å². The van der Waals surface area contributed by atoms with Crippen molar-refractivity contribution in [1.82, 2.24) is 4.90 Å². The van der Waals surface area contributed by atoms with Gasteiger partial charge >= 0.3 is 0 Å². The average molecular weight is 196 g/mol. The van der Waals surface area contributed by atoms with Crippen molar-refractivity contribution in [3.05, 3.63) is 0 Å². The summed E-state index contributed by atoms with van der Waals surface area (Å²) in [4.78, 5) is 13.2. The van der Waals surface area contributed by atoms with Crippen LogP contribution in [-0.4, -0.2) is 36.1 Å². The number of rotatable bonds is 3. The molecular formula is C10H16N2O2. The van der Waals surface area contributed by atoms with Crippen LogP contribution in [0.4, 0.5) is 0 Å². The van der Waals surface area contributed by atoms with Gasteiger partial charge in [-0.2, -0.15) is 5.26 Å². The zero-order valence-corrected chi connectivity index (χ0v) is 8.69. The van der Waals surface area contributed by atoms with Crippen LogP contribution in [0.25, 0.3) is 0 Å². The predicted molar refractivity (Wildman–Crippen MR) is 51.4 cm³/mol. The SMILES string of the molecule is CC(C)OCC(=O)N1CCCC1C#N. The van der Waals surface area contributed by atoms with E-state index in [0.717, 1.165) is 12.8 Å². The third-order valence-corrected chi connectivity index (χ3v) is 2.26. The molecule has 1 atom stereocenters. The lowest BCUT2D eigenvalue weighted by Crippen LogP contribution is -2.37. The summed E-state index contributed by atoms with van der Waals surface area (Å²) in [5.41, 5.74) is 0. The summed E-state index contributed by atoms with van der Waals surface area (Å²) < 4.78 is 5.21. The van der Waals surface area contributed by atoms with E-state index in [9.17, 15) is 4.79 Å². The molecule has 0 aromatic rings. The molecule has 0 N–H and O–H groups in total. The van der Waals surface area contributed by atoms with Gasteiger partial charge < -0.3 is 9.64 Å². The Morgan fingerprint density at radius 2 is 2.43 bits per heavy atom. The number of carbonyl (C=O) groups excluding carboxylic acids is 1. The smallest absolute Gasteiger partial charge is 0.249 e. The van der Waals surface area contributed by atoms with Crippen molar-refractivity contribution in [1.29, 1.82) is 5.26 Å². The second-order valence-electron chi connectivity index (χ2n) is 3.73. The van der Waals surface area contributed by atoms with Gasteiger partial charge in [-0.1, -0.05) is 0 Å². The number of nitriles is 1. The third kappa shape index (κ3) is 2.71. The Bertz CT molecular complexity index is 245. The van der Waals surface area contributed by atoms with Crippen LogP contribution >= 0.6 is 0 Å². The van der Waals surface area contributed by atoms with E-state index in [2.05, 4.69) is 6.07 Å². The summed E-state index contributed by atoms with van der Waals surface area (Å²) in [5, 5.41) is 8.78. The van der Waals surface area contributed by atoms with E-state index in [1.807, 2.05) is 13.8 Å². The molecule has 1 saturated heterocycles. The molecule has 0 aromatic heterocycles. The molecule has 4 nitrogen and oxygen atoms in total. The lowest BCUT2D eigenvalue weighted by molar-refractivity contribution is -0.137. The monoisotopic (exact) mass is 196 g/mol. The van der Waals surface area contributed by atoms with Crippen molar-refractivity contribution in [3.8, 4) is 6.07 Å². The highest BCUT2D eigenvalue weighted by atomic mass is 16.5. The third-order valence-electron chi connectivity index (χ3n) is 2.26. The minimum Gasteiger partial charge on any atom is -0.369 e. The summed E-state index contributed by atoms with van der Waals surface area (Å²) in [6, 6.07) is 1.89. The first-order valence-electron chi connectivity index (χ1n) is 4.96. The lowest BCUT2D eigenvalue weighted by Gasteiger charge is -2.19. The van der Waals surface area contributed by atoms with Gasteiger partial charge in [0.15, 0.2) is 0 Å². The van der Waals surface area contributed by atoms with Crippen molar-refractivity contribution in [3.63, 3.8) is 0 Å². The van der Waals surface area contributed by atoms with Gasteiger partial charge in [-0.05, 0) is 26.7 Å². The number of amides is 1. The first kappa shape index (κ1) is 11.0. The van der Waals surface area contributed by atoms with Gasteiger partial charge in [0.05, 0.1) is 12.2 Å². The van der Waals surface area contributed by atoms with E-state index in [1.54, 1.807) is 4.90 Å². The van der Waals surface area contributed by atoms with Gasteiger partial charge in [0.25, 0.3) is 0 Å². The number of ether oxygens (including phenoxy) is 1. The Morgan fingerprint density at radius 1 is 1.71 bits per heavy atom. The van der Waals surface area contributed by atoms with Crippen molar-refractivity contribution >= 4 is 5.91 Å². The highest BCUT2D eigenvalue weighted by Gasteiger charge is 2.28. The number of likely N-dealkylation sites (tertiary alicyclic amines) is 1. The Kier molecular flexibility index (Phi) is 3.90. The van der Waals surface area contributed by atoms with E-state index >= 15 is 0 Å². The van der Waals surface area contributed by atoms with Gasteiger partial charge in [-0.15, -0.1) is 0 Å². The van der Waals surface area contributed by atoms with Gasteiger partial charge in [-0.25, -0.2) is 0 Å². The highest BCUT2D eigenvalue weighted by Crippen LogP contribution is 2.16. The van der Waals surface area contributed by atoms with Crippen LogP contribution in [0.2, 0.25) is 0 Å². The van der Waals surface area contributed by atoms with Crippen molar-refractivity contribution < 1.29 is 9.53 Å². The molecule has 1 fully saturated rings. The lowest BCUT2D eigenvalue weighted by atomic mass is 10.2. The van der Waals surface area contributed by atoms with Crippen LogP contribution in [0, 0.1) is 11.3 Å². The number of carbonyl (C=O) groups is 1. The second kappa shape index (κ2) is 4.97. The minimum atomic E-state index is -0.238. The molecule has 0 spiro atoms. The molecule has 4 heteroatoms. The molecule has 0 aliphatic carbocycles. The summed E-state index contributed by atoms with van der Waals surface area (Å²) >= 11 is 0. The van der Waals surface area contributed by atoms with Gasteiger partial charge in [-0.3, -0.25) is 4.79 Å². The van der Waals surface area contributed by atoms with E-state index in [1.165, 1.54) is 0 Å². The van der Waals surface area contributed by atoms with Crippen LogP contribution < -0.4 is 0 Å². The predicted octanol–water partition coefficient (Wildman–Crippen LogP) is 0.926. The average Bonchev–Trinajstić information content (AvgIpc) is 2.61. The largest absolute Gasteiger partial charge is 0.369 e. The number of nitrogens with zero attached hydrogens (tertiary/aromatic N) is 2. The van der Waals surface area contributed by atoms with Crippen molar-refractivity contribution in [2.24, 2.45) is 0 Å². The Balaban J connectivity index is 2.40. The molecule has 14 heavy (non-hydrogen) atoms. The Labute approximate surface area is 84.4 Å². The summed E-state index contributed by atoms with van der Waals surface area (Å²) in [6.07, 6.45) is 1.78. The first-order chi connectivity index (χ1) is 6.65. The minimum absolute atomic E-state index is 0.0575. The van der Waals surface area contributed by atoms with Crippen LogP contribution in [0.3, 0.4) is 0 Å². The molecule has 1 aliphatic rings. The van der Waals surface area contributed by atoms with Gasteiger partial charge in [0, 0.05) is 6.54 Å². The van der Waals surface area contributed by atoms with Crippen LogP contribution in [0.5, 0.6) is 0 Å². The second-order valence-corrected chi connectivity index (χ2v) is 3.73. The molecule has 0 bridgehead atoms.